The molecule has 3 atom stereocenters. The van der Waals surface area contributed by atoms with E-state index < -0.39 is 72.7 Å². The van der Waals surface area contributed by atoms with Crippen molar-refractivity contribution < 1.29 is 60.0 Å². The Hall–Kier alpha value is -2.28. The summed E-state index contributed by atoms with van der Waals surface area (Å²) in [6, 6.07) is 0. The van der Waals surface area contributed by atoms with Crippen LogP contribution < -0.4 is 0 Å². The van der Waals surface area contributed by atoms with Crippen LogP contribution in [0.3, 0.4) is 0 Å². The van der Waals surface area contributed by atoms with Crippen LogP contribution in [0.25, 0.3) is 0 Å². The van der Waals surface area contributed by atoms with Gasteiger partial charge in [-0.3, -0.25) is 4.79 Å². The Morgan fingerprint density at radius 2 is 1.90 bits per heavy atom. The van der Waals surface area contributed by atoms with Gasteiger partial charge in [0.15, 0.2) is 6.10 Å². The molecule has 0 amide bonds. The number of alkyl halides is 5. The number of carbonyl (C=O) groups is 3. The summed E-state index contributed by atoms with van der Waals surface area (Å²) in [6.45, 7) is 1.69. The predicted octanol–water partition coefficient (Wildman–Crippen LogP) is 1.66. The van der Waals surface area contributed by atoms with E-state index in [1.54, 1.807) is 0 Å². The Balaban J connectivity index is 2.53. The number of cyclic esters (lactones) is 1. The number of rotatable bonds is 6. The lowest BCUT2D eigenvalue weighted by Crippen LogP contribution is -2.67. The minimum absolute atomic E-state index is 0.341. The quantitative estimate of drug-likeness (QED) is 0.271. The molecule has 0 N–H and O–H groups in total. The molecule has 13 heteroatoms. The Bertz CT molecular complexity index is 721. The lowest BCUT2D eigenvalue weighted by Gasteiger charge is -2.40. The summed E-state index contributed by atoms with van der Waals surface area (Å²) >= 11 is 0. The fraction of sp³-hybridized carbons (Fsp3) is 0.688. The SMILES string of the molecule is C=C(C)C(=O)OC1(COC(C)=O)COC(OC2CCOC2=O)(C(F)(F)F)C1(F)F. The molecule has 3 unspecified atom stereocenters. The second kappa shape index (κ2) is 7.52. The van der Waals surface area contributed by atoms with Gasteiger partial charge < -0.3 is 23.7 Å². The molecule has 0 spiro atoms. The van der Waals surface area contributed by atoms with Crippen LogP contribution in [0.4, 0.5) is 22.0 Å². The van der Waals surface area contributed by atoms with Crippen molar-refractivity contribution in [1.29, 1.82) is 0 Å². The Morgan fingerprint density at radius 3 is 2.34 bits per heavy atom. The van der Waals surface area contributed by atoms with E-state index >= 15 is 8.78 Å². The summed E-state index contributed by atoms with van der Waals surface area (Å²) < 4.78 is 94.2. The maximum absolute atomic E-state index is 15.3. The van der Waals surface area contributed by atoms with Gasteiger partial charge in [0.25, 0.3) is 0 Å². The van der Waals surface area contributed by atoms with Crippen molar-refractivity contribution in [2.75, 3.05) is 19.8 Å². The highest BCUT2D eigenvalue weighted by Gasteiger charge is 2.86. The average molecular weight is 432 g/mol. The molecule has 0 aromatic rings. The van der Waals surface area contributed by atoms with Crippen LogP contribution in [0, 0.1) is 0 Å². The zero-order valence-corrected chi connectivity index (χ0v) is 15.3. The first-order valence-electron chi connectivity index (χ1n) is 8.14. The highest BCUT2D eigenvalue weighted by molar-refractivity contribution is 5.87. The fourth-order valence-corrected chi connectivity index (χ4v) is 2.66. The monoisotopic (exact) mass is 432 g/mol. The second-order valence-corrected chi connectivity index (χ2v) is 6.48. The van der Waals surface area contributed by atoms with Crippen LogP contribution >= 0.6 is 0 Å². The largest absolute Gasteiger partial charge is 0.464 e. The van der Waals surface area contributed by atoms with Crippen LogP contribution in [-0.2, 0) is 38.1 Å². The van der Waals surface area contributed by atoms with Gasteiger partial charge in [0, 0.05) is 18.9 Å². The molecule has 0 aromatic carbocycles. The molecule has 0 radical (unpaired) electrons. The van der Waals surface area contributed by atoms with E-state index in [0.29, 0.717) is 0 Å². The van der Waals surface area contributed by atoms with Gasteiger partial charge in [-0.25, -0.2) is 9.59 Å². The summed E-state index contributed by atoms with van der Waals surface area (Å²) in [5.74, 6) is -13.7. The van der Waals surface area contributed by atoms with Crippen LogP contribution in [0.15, 0.2) is 12.2 Å². The van der Waals surface area contributed by atoms with E-state index in [9.17, 15) is 27.6 Å². The molecular formula is C16H17F5O8. The molecule has 2 aliphatic heterocycles. The molecule has 2 heterocycles. The van der Waals surface area contributed by atoms with Crippen molar-refractivity contribution in [3.63, 3.8) is 0 Å². The molecule has 0 saturated carbocycles. The average Bonchev–Trinajstić information content (AvgIpc) is 3.07. The van der Waals surface area contributed by atoms with Crippen molar-refractivity contribution >= 4 is 17.9 Å². The summed E-state index contributed by atoms with van der Waals surface area (Å²) in [4.78, 5) is 34.4. The molecule has 2 aliphatic rings. The first-order chi connectivity index (χ1) is 13.2. The normalized spacial score (nSPS) is 31.3. The molecule has 2 saturated heterocycles. The number of carbonyl (C=O) groups excluding carboxylic acids is 3. The zero-order valence-electron chi connectivity index (χ0n) is 15.3. The van der Waals surface area contributed by atoms with Crippen molar-refractivity contribution in [2.24, 2.45) is 0 Å². The van der Waals surface area contributed by atoms with E-state index in [1.165, 1.54) is 0 Å². The smallest absolute Gasteiger partial charge is 0.450 e. The van der Waals surface area contributed by atoms with Crippen molar-refractivity contribution in [1.82, 2.24) is 0 Å². The molecule has 2 fully saturated rings. The Morgan fingerprint density at radius 1 is 1.28 bits per heavy atom. The van der Waals surface area contributed by atoms with E-state index in [0.717, 1.165) is 13.8 Å². The molecule has 164 valence electrons. The van der Waals surface area contributed by atoms with E-state index in [2.05, 4.69) is 30.3 Å². The molecule has 0 bridgehead atoms. The molecule has 29 heavy (non-hydrogen) atoms. The standard InChI is InChI=1S/C16H17F5O8/c1-8(2)11(23)29-13(6-26-9(3)22)7-27-15(14(13,17)18,16(19,20)21)28-10-4-5-25-12(10)24/h10H,1,4-7H2,2-3H3. The van der Waals surface area contributed by atoms with Gasteiger partial charge in [0.2, 0.25) is 5.60 Å². The number of hydrogen-bond donors (Lipinski definition) is 0. The lowest BCUT2D eigenvalue weighted by atomic mass is 9.92. The number of ether oxygens (including phenoxy) is 5. The minimum atomic E-state index is -5.88. The van der Waals surface area contributed by atoms with Gasteiger partial charge in [-0.2, -0.15) is 22.0 Å². The van der Waals surface area contributed by atoms with E-state index in [-0.39, 0.29) is 6.61 Å². The highest BCUT2D eigenvalue weighted by atomic mass is 19.4. The van der Waals surface area contributed by atoms with Crippen molar-refractivity contribution in [3.05, 3.63) is 12.2 Å². The van der Waals surface area contributed by atoms with Gasteiger partial charge in [-0.1, -0.05) is 6.58 Å². The third kappa shape index (κ3) is 3.80. The van der Waals surface area contributed by atoms with E-state index in [1.807, 2.05) is 0 Å². The first-order valence-corrected chi connectivity index (χ1v) is 8.14. The van der Waals surface area contributed by atoms with Gasteiger partial charge >= 0.3 is 35.8 Å². The van der Waals surface area contributed by atoms with Gasteiger partial charge in [-0.05, 0) is 6.92 Å². The zero-order chi connectivity index (χ0) is 22.3. The van der Waals surface area contributed by atoms with Crippen LogP contribution in [0.1, 0.15) is 20.3 Å². The summed E-state index contributed by atoms with van der Waals surface area (Å²) in [5.41, 5.74) is -3.81. The predicted molar refractivity (Wildman–Crippen MR) is 80.4 cm³/mol. The molecule has 0 aromatic heterocycles. The van der Waals surface area contributed by atoms with Crippen molar-refractivity contribution in [2.45, 2.75) is 49.9 Å². The number of hydrogen-bond acceptors (Lipinski definition) is 8. The highest BCUT2D eigenvalue weighted by Crippen LogP contribution is 2.57. The topological polar surface area (TPSA) is 97.4 Å². The van der Waals surface area contributed by atoms with Crippen LogP contribution in [0.2, 0.25) is 0 Å². The molecule has 0 aliphatic carbocycles. The van der Waals surface area contributed by atoms with E-state index in [4.69, 9.17) is 0 Å². The maximum Gasteiger partial charge on any atom is 0.450 e. The first kappa shape index (κ1) is 23.0. The fourth-order valence-electron chi connectivity index (χ4n) is 2.66. The molecule has 2 rings (SSSR count). The van der Waals surface area contributed by atoms with Crippen LogP contribution in [0.5, 0.6) is 0 Å². The Labute approximate surface area is 160 Å². The van der Waals surface area contributed by atoms with Gasteiger partial charge in [-0.15, -0.1) is 0 Å². The third-order valence-electron chi connectivity index (χ3n) is 4.21. The lowest BCUT2D eigenvalue weighted by molar-refractivity contribution is -0.429. The number of halogens is 5. The number of esters is 3. The maximum atomic E-state index is 15.3. The Kier molecular flexibility index (Phi) is 5.96. The third-order valence-corrected chi connectivity index (χ3v) is 4.21. The van der Waals surface area contributed by atoms with Gasteiger partial charge in [0.1, 0.15) is 13.2 Å². The minimum Gasteiger partial charge on any atom is -0.464 e. The molecule has 8 nitrogen and oxygen atoms in total. The van der Waals surface area contributed by atoms with Gasteiger partial charge in [0.05, 0.1) is 6.61 Å². The summed E-state index contributed by atoms with van der Waals surface area (Å²) in [5, 5.41) is 0. The summed E-state index contributed by atoms with van der Waals surface area (Å²) in [6.07, 6.45) is -8.31. The summed E-state index contributed by atoms with van der Waals surface area (Å²) in [7, 11) is 0. The van der Waals surface area contributed by atoms with Crippen molar-refractivity contribution in [3.8, 4) is 0 Å². The van der Waals surface area contributed by atoms with Crippen LogP contribution in [-0.4, -0.2) is 67.3 Å². The molecular weight excluding hydrogens is 415 g/mol. The second-order valence-electron chi connectivity index (χ2n) is 6.48.